The van der Waals surface area contributed by atoms with Crippen LogP contribution in [0.15, 0.2) is 23.1 Å². The summed E-state index contributed by atoms with van der Waals surface area (Å²) in [4.78, 5) is 8.99. The van der Waals surface area contributed by atoms with Gasteiger partial charge in [0.05, 0.1) is 11.6 Å². The molecule has 0 atom stereocenters. The number of nitrogens with zero attached hydrogens (tertiary/aromatic N) is 3. The van der Waals surface area contributed by atoms with Crippen LogP contribution < -0.4 is 0 Å². The van der Waals surface area contributed by atoms with Gasteiger partial charge in [-0.1, -0.05) is 0 Å². The van der Waals surface area contributed by atoms with Crippen molar-refractivity contribution in [1.29, 1.82) is 0 Å². The number of aromatic nitrogens is 3. The SMILES string of the molecule is ClCc1cc(Br)cnc1-n1cnc2c1CCCC2. The Balaban J connectivity index is 2.12. The molecule has 0 saturated carbocycles. The van der Waals surface area contributed by atoms with Crippen LogP contribution in [0.1, 0.15) is 29.8 Å². The highest BCUT2D eigenvalue weighted by Gasteiger charge is 2.18. The molecule has 2 heterocycles. The molecule has 94 valence electrons. The van der Waals surface area contributed by atoms with Crippen molar-refractivity contribution in [3.05, 3.63) is 40.0 Å². The first kappa shape index (κ1) is 12.2. The molecule has 0 fully saturated rings. The number of pyridine rings is 1. The summed E-state index contributed by atoms with van der Waals surface area (Å²) < 4.78 is 3.05. The third-order valence-electron chi connectivity index (χ3n) is 3.31. The molecule has 0 unspecified atom stereocenters. The standard InChI is InChI=1S/C13H13BrClN3/c14-10-5-9(6-15)13(16-7-10)18-8-17-11-3-1-2-4-12(11)18/h5,7-8H,1-4,6H2. The summed E-state index contributed by atoms with van der Waals surface area (Å²) >= 11 is 9.44. The van der Waals surface area contributed by atoms with Gasteiger partial charge in [0, 0.05) is 21.9 Å². The smallest absolute Gasteiger partial charge is 0.142 e. The van der Waals surface area contributed by atoms with E-state index in [-0.39, 0.29) is 0 Å². The highest BCUT2D eigenvalue weighted by Crippen LogP contribution is 2.25. The van der Waals surface area contributed by atoms with Crippen molar-refractivity contribution in [2.45, 2.75) is 31.6 Å². The summed E-state index contributed by atoms with van der Waals surface area (Å²) in [6.45, 7) is 0. The second-order valence-corrected chi connectivity index (χ2v) is 5.67. The fraction of sp³-hybridized carbons (Fsp3) is 0.385. The van der Waals surface area contributed by atoms with Gasteiger partial charge in [-0.25, -0.2) is 9.97 Å². The number of halogens is 2. The summed E-state index contributed by atoms with van der Waals surface area (Å²) in [5.41, 5.74) is 3.53. The van der Waals surface area contributed by atoms with Crippen molar-refractivity contribution in [2.24, 2.45) is 0 Å². The molecule has 2 aromatic heterocycles. The molecule has 3 rings (SSSR count). The molecule has 0 N–H and O–H groups in total. The maximum atomic E-state index is 6.01. The van der Waals surface area contributed by atoms with Crippen molar-refractivity contribution < 1.29 is 0 Å². The van der Waals surface area contributed by atoms with Gasteiger partial charge in [0.1, 0.15) is 12.1 Å². The second-order valence-electron chi connectivity index (χ2n) is 4.48. The van der Waals surface area contributed by atoms with E-state index in [4.69, 9.17) is 11.6 Å². The lowest BCUT2D eigenvalue weighted by Crippen LogP contribution is -2.09. The van der Waals surface area contributed by atoms with Crippen molar-refractivity contribution in [3.63, 3.8) is 0 Å². The number of hydrogen-bond donors (Lipinski definition) is 0. The van der Waals surface area contributed by atoms with E-state index in [2.05, 4.69) is 30.5 Å². The Kier molecular flexibility index (Phi) is 3.39. The van der Waals surface area contributed by atoms with Crippen molar-refractivity contribution in [1.82, 2.24) is 14.5 Å². The third kappa shape index (κ3) is 2.08. The predicted molar refractivity (Wildman–Crippen MR) is 75.3 cm³/mol. The van der Waals surface area contributed by atoms with E-state index in [0.717, 1.165) is 28.7 Å². The van der Waals surface area contributed by atoms with Gasteiger partial charge < -0.3 is 0 Å². The normalized spacial score (nSPS) is 14.6. The molecule has 0 aliphatic heterocycles. The topological polar surface area (TPSA) is 30.7 Å². The average molecular weight is 327 g/mol. The predicted octanol–water partition coefficient (Wildman–Crippen LogP) is 3.65. The number of imidazole rings is 1. The monoisotopic (exact) mass is 325 g/mol. The number of aryl methyl sites for hydroxylation is 1. The van der Waals surface area contributed by atoms with Crippen molar-refractivity contribution in [2.75, 3.05) is 0 Å². The highest BCUT2D eigenvalue weighted by molar-refractivity contribution is 9.10. The zero-order chi connectivity index (χ0) is 12.5. The first-order valence-electron chi connectivity index (χ1n) is 6.05. The maximum absolute atomic E-state index is 6.01. The van der Waals surface area contributed by atoms with Gasteiger partial charge in [0.25, 0.3) is 0 Å². The molecule has 0 radical (unpaired) electrons. The summed E-state index contributed by atoms with van der Waals surface area (Å²) in [6, 6.07) is 2.02. The maximum Gasteiger partial charge on any atom is 0.142 e. The Hall–Kier alpha value is -0.870. The van der Waals surface area contributed by atoms with Gasteiger partial charge in [-0.05, 0) is 47.7 Å². The van der Waals surface area contributed by atoms with Crippen LogP contribution in [-0.2, 0) is 18.7 Å². The van der Waals surface area contributed by atoms with E-state index in [9.17, 15) is 0 Å². The van der Waals surface area contributed by atoms with Crippen LogP contribution in [0.4, 0.5) is 0 Å². The first-order valence-corrected chi connectivity index (χ1v) is 7.38. The Labute approximate surface area is 119 Å². The summed E-state index contributed by atoms with van der Waals surface area (Å²) in [6.07, 6.45) is 8.30. The number of alkyl halides is 1. The van der Waals surface area contributed by atoms with Gasteiger partial charge in [-0.3, -0.25) is 4.57 Å². The zero-order valence-electron chi connectivity index (χ0n) is 9.87. The quantitative estimate of drug-likeness (QED) is 0.789. The van der Waals surface area contributed by atoms with Crippen LogP contribution in [0.5, 0.6) is 0 Å². The van der Waals surface area contributed by atoms with E-state index >= 15 is 0 Å². The second kappa shape index (κ2) is 5.02. The number of fused-ring (bicyclic) bond motifs is 1. The van der Waals surface area contributed by atoms with Crippen LogP contribution >= 0.6 is 27.5 Å². The molecule has 0 amide bonds. The van der Waals surface area contributed by atoms with E-state index < -0.39 is 0 Å². The molecule has 1 aliphatic rings. The molecule has 3 nitrogen and oxygen atoms in total. The fourth-order valence-electron chi connectivity index (χ4n) is 2.44. The minimum absolute atomic E-state index is 0.453. The van der Waals surface area contributed by atoms with Gasteiger partial charge in [0.2, 0.25) is 0 Å². The van der Waals surface area contributed by atoms with Crippen molar-refractivity contribution in [3.8, 4) is 5.82 Å². The van der Waals surface area contributed by atoms with Crippen LogP contribution in [-0.4, -0.2) is 14.5 Å². The van der Waals surface area contributed by atoms with E-state index in [1.54, 1.807) is 6.20 Å². The van der Waals surface area contributed by atoms with Crippen LogP contribution in [0.3, 0.4) is 0 Å². The Morgan fingerprint density at radius 2 is 2.11 bits per heavy atom. The minimum atomic E-state index is 0.453. The van der Waals surface area contributed by atoms with Crippen molar-refractivity contribution >= 4 is 27.5 Å². The van der Waals surface area contributed by atoms with Gasteiger partial charge >= 0.3 is 0 Å². The lowest BCUT2D eigenvalue weighted by Gasteiger charge is -2.15. The van der Waals surface area contributed by atoms with Crippen LogP contribution in [0, 0.1) is 0 Å². The highest BCUT2D eigenvalue weighted by atomic mass is 79.9. The number of rotatable bonds is 2. The lowest BCUT2D eigenvalue weighted by atomic mass is 10.0. The molecule has 5 heteroatoms. The first-order chi connectivity index (χ1) is 8.79. The van der Waals surface area contributed by atoms with Gasteiger partial charge in [0.15, 0.2) is 0 Å². The molecule has 0 spiro atoms. The zero-order valence-corrected chi connectivity index (χ0v) is 12.2. The van der Waals surface area contributed by atoms with Gasteiger partial charge in [-0.2, -0.15) is 0 Å². The summed E-state index contributed by atoms with van der Waals surface area (Å²) in [5.74, 6) is 1.36. The minimum Gasteiger partial charge on any atom is -0.287 e. The molecule has 0 saturated heterocycles. The van der Waals surface area contributed by atoms with Gasteiger partial charge in [-0.15, -0.1) is 11.6 Å². The molecular formula is C13H13BrClN3. The fourth-order valence-corrected chi connectivity index (χ4v) is 3.02. The molecule has 18 heavy (non-hydrogen) atoms. The number of hydrogen-bond acceptors (Lipinski definition) is 2. The summed E-state index contributed by atoms with van der Waals surface area (Å²) in [7, 11) is 0. The molecule has 2 aromatic rings. The Morgan fingerprint density at radius 1 is 1.28 bits per heavy atom. The Morgan fingerprint density at radius 3 is 2.94 bits per heavy atom. The molecule has 1 aliphatic carbocycles. The Bertz CT molecular complexity index is 580. The van der Waals surface area contributed by atoms with E-state index in [1.807, 2.05) is 12.4 Å². The molecule has 0 aromatic carbocycles. The largest absolute Gasteiger partial charge is 0.287 e. The van der Waals surface area contributed by atoms with E-state index in [1.165, 1.54) is 24.2 Å². The van der Waals surface area contributed by atoms with E-state index in [0.29, 0.717) is 5.88 Å². The third-order valence-corrected chi connectivity index (χ3v) is 4.03. The molecule has 0 bridgehead atoms. The van der Waals surface area contributed by atoms with Crippen LogP contribution in [0.2, 0.25) is 0 Å². The average Bonchev–Trinajstić information content (AvgIpc) is 2.82. The molecular weight excluding hydrogens is 314 g/mol. The van der Waals surface area contributed by atoms with Crippen LogP contribution in [0.25, 0.3) is 5.82 Å². The summed E-state index contributed by atoms with van der Waals surface area (Å²) in [5, 5.41) is 0. The lowest BCUT2D eigenvalue weighted by molar-refractivity contribution is 0.653.